The van der Waals surface area contributed by atoms with Crippen LogP contribution >= 0.6 is 22.7 Å². The van der Waals surface area contributed by atoms with E-state index in [1.807, 2.05) is 35.2 Å². The lowest BCUT2D eigenvalue weighted by Gasteiger charge is -2.30. The van der Waals surface area contributed by atoms with Gasteiger partial charge in [-0.2, -0.15) is 0 Å². The molecule has 1 saturated heterocycles. The third-order valence-corrected chi connectivity index (χ3v) is 7.35. The fraction of sp³-hybridized carbons (Fsp3) is 0.227. The minimum absolute atomic E-state index is 0.0713. The van der Waals surface area contributed by atoms with Crippen molar-refractivity contribution in [3.63, 3.8) is 0 Å². The maximum absolute atomic E-state index is 12.6. The molecule has 0 saturated carbocycles. The number of rotatable bonds is 3. The highest BCUT2D eigenvalue weighted by atomic mass is 32.1. The van der Waals surface area contributed by atoms with Gasteiger partial charge < -0.3 is 4.90 Å². The molecule has 0 N–H and O–H groups in total. The van der Waals surface area contributed by atoms with Crippen LogP contribution in [0.25, 0.3) is 26.5 Å². The molecule has 2 aromatic heterocycles. The van der Waals surface area contributed by atoms with Crippen molar-refractivity contribution >= 4 is 55.1 Å². The molecule has 0 unspecified atom stereocenters. The predicted molar refractivity (Wildman–Crippen MR) is 117 cm³/mol. The molecule has 140 valence electrons. The summed E-state index contributed by atoms with van der Waals surface area (Å²) in [6.45, 7) is 1.56. The Labute approximate surface area is 171 Å². The topological polar surface area (TPSA) is 46.1 Å². The number of amides is 1. The Hall–Kier alpha value is -2.57. The van der Waals surface area contributed by atoms with Crippen molar-refractivity contribution in [2.24, 2.45) is 0 Å². The van der Waals surface area contributed by atoms with Crippen LogP contribution in [-0.4, -0.2) is 33.9 Å². The van der Waals surface area contributed by atoms with E-state index in [0.29, 0.717) is 5.92 Å². The second-order valence-electron chi connectivity index (χ2n) is 6.97. The fourth-order valence-electron chi connectivity index (χ4n) is 3.62. The van der Waals surface area contributed by atoms with Crippen molar-refractivity contribution in [1.82, 2.24) is 14.9 Å². The third kappa shape index (κ3) is 3.45. The van der Waals surface area contributed by atoms with Gasteiger partial charge in [0.1, 0.15) is 5.01 Å². The van der Waals surface area contributed by atoms with E-state index in [4.69, 9.17) is 4.98 Å². The van der Waals surface area contributed by atoms with Crippen LogP contribution in [0.15, 0.2) is 54.6 Å². The van der Waals surface area contributed by atoms with Crippen LogP contribution in [0, 0.1) is 0 Å². The van der Waals surface area contributed by atoms with Crippen LogP contribution in [0.2, 0.25) is 0 Å². The number of carbonyl (C=O) groups excluding carboxylic acids is 1. The molecule has 0 aliphatic carbocycles. The Morgan fingerprint density at radius 3 is 2.25 bits per heavy atom. The maximum Gasteiger partial charge on any atom is 0.246 e. The van der Waals surface area contributed by atoms with Gasteiger partial charge in [-0.3, -0.25) is 4.79 Å². The van der Waals surface area contributed by atoms with Gasteiger partial charge in [-0.1, -0.05) is 24.3 Å². The molecular weight excluding hydrogens is 386 g/mol. The summed E-state index contributed by atoms with van der Waals surface area (Å²) in [5, 5.41) is 2.08. The molecule has 1 fully saturated rings. The van der Waals surface area contributed by atoms with Crippen LogP contribution in [0.4, 0.5) is 0 Å². The van der Waals surface area contributed by atoms with E-state index < -0.39 is 0 Å². The SMILES string of the molecule is O=C(C=Cc1nc2ccccc2s1)N1CCC(c2nc3ccccc3s2)CC1. The van der Waals surface area contributed by atoms with E-state index in [-0.39, 0.29) is 5.91 Å². The van der Waals surface area contributed by atoms with Crippen LogP contribution in [0.1, 0.15) is 28.8 Å². The molecule has 0 radical (unpaired) electrons. The average Bonchev–Trinajstić information content (AvgIpc) is 3.35. The molecule has 0 spiro atoms. The Bertz CT molecular complexity index is 1100. The summed E-state index contributed by atoms with van der Waals surface area (Å²) in [5.74, 6) is 0.525. The van der Waals surface area contributed by atoms with Gasteiger partial charge in [0, 0.05) is 25.1 Å². The first-order valence-electron chi connectivity index (χ1n) is 9.44. The molecule has 4 nitrogen and oxygen atoms in total. The number of carbonyl (C=O) groups is 1. The number of hydrogen-bond acceptors (Lipinski definition) is 5. The van der Waals surface area contributed by atoms with Crippen molar-refractivity contribution < 1.29 is 4.79 Å². The molecular formula is C22H19N3OS2. The highest BCUT2D eigenvalue weighted by Crippen LogP contribution is 2.33. The number of thiazole rings is 2. The molecule has 0 bridgehead atoms. The quantitative estimate of drug-likeness (QED) is 0.433. The van der Waals surface area contributed by atoms with E-state index >= 15 is 0 Å². The zero-order valence-electron chi connectivity index (χ0n) is 15.2. The number of aromatic nitrogens is 2. The summed E-state index contributed by atoms with van der Waals surface area (Å²) in [5.41, 5.74) is 2.07. The highest BCUT2D eigenvalue weighted by Gasteiger charge is 2.25. The second-order valence-corrected chi connectivity index (χ2v) is 9.10. The lowest BCUT2D eigenvalue weighted by Crippen LogP contribution is -2.36. The van der Waals surface area contributed by atoms with E-state index in [1.54, 1.807) is 28.7 Å². The highest BCUT2D eigenvalue weighted by molar-refractivity contribution is 7.19. The molecule has 0 atom stereocenters. The van der Waals surface area contributed by atoms with Crippen molar-refractivity contribution in [2.75, 3.05) is 13.1 Å². The lowest BCUT2D eigenvalue weighted by atomic mass is 9.97. The Balaban J connectivity index is 1.22. The zero-order valence-corrected chi connectivity index (χ0v) is 16.9. The number of piperidine rings is 1. The Morgan fingerprint density at radius 1 is 0.929 bits per heavy atom. The van der Waals surface area contributed by atoms with Gasteiger partial charge in [0.2, 0.25) is 5.91 Å². The van der Waals surface area contributed by atoms with Crippen LogP contribution in [0.3, 0.4) is 0 Å². The van der Waals surface area contributed by atoms with Gasteiger partial charge in [-0.25, -0.2) is 9.97 Å². The Kier molecular flexibility index (Phi) is 4.66. The summed E-state index contributed by atoms with van der Waals surface area (Å²) in [6.07, 6.45) is 5.45. The first kappa shape index (κ1) is 17.5. The summed E-state index contributed by atoms with van der Waals surface area (Å²) in [6, 6.07) is 16.3. The monoisotopic (exact) mass is 405 g/mol. The number of fused-ring (bicyclic) bond motifs is 2. The number of benzene rings is 2. The molecule has 1 aliphatic heterocycles. The number of hydrogen-bond donors (Lipinski definition) is 0. The maximum atomic E-state index is 12.6. The normalized spacial score (nSPS) is 15.8. The van der Waals surface area contributed by atoms with E-state index in [9.17, 15) is 4.79 Å². The fourth-order valence-corrected chi connectivity index (χ4v) is 5.63. The molecule has 5 rings (SSSR count). The van der Waals surface area contributed by atoms with Gasteiger partial charge in [-0.05, 0) is 43.2 Å². The van der Waals surface area contributed by atoms with Crippen LogP contribution in [-0.2, 0) is 4.79 Å². The predicted octanol–water partition coefficient (Wildman–Crippen LogP) is 5.33. The van der Waals surface area contributed by atoms with E-state index in [1.165, 1.54) is 9.71 Å². The minimum Gasteiger partial charge on any atom is -0.339 e. The average molecular weight is 406 g/mol. The first-order valence-corrected chi connectivity index (χ1v) is 11.1. The molecule has 1 aliphatic rings. The minimum atomic E-state index is 0.0713. The summed E-state index contributed by atoms with van der Waals surface area (Å²) in [4.78, 5) is 23.9. The molecule has 4 aromatic rings. The molecule has 28 heavy (non-hydrogen) atoms. The molecule has 2 aromatic carbocycles. The molecule has 6 heteroatoms. The molecule has 3 heterocycles. The number of likely N-dealkylation sites (tertiary alicyclic amines) is 1. The van der Waals surface area contributed by atoms with Gasteiger partial charge >= 0.3 is 0 Å². The number of nitrogens with zero attached hydrogens (tertiary/aromatic N) is 3. The zero-order chi connectivity index (χ0) is 18.9. The standard InChI is InChI=1S/C22H19N3OS2/c26-21(10-9-20-23-16-5-1-3-7-18(16)27-20)25-13-11-15(12-14-25)22-24-17-6-2-4-8-19(17)28-22/h1-10,15H,11-14H2. The van der Waals surface area contributed by atoms with E-state index in [2.05, 4.69) is 29.2 Å². The summed E-state index contributed by atoms with van der Waals surface area (Å²) >= 11 is 3.40. The Morgan fingerprint density at radius 2 is 1.57 bits per heavy atom. The largest absolute Gasteiger partial charge is 0.339 e. The number of para-hydroxylation sites is 2. The first-order chi connectivity index (χ1) is 13.8. The smallest absolute Gasteiger partial charge is 0.246 e. The van der Waals surface area contributed by atoms with Crippen molar-refractivity contribution in [1.29, 1.82) is 0 Å². The lowest BCUT2D eigenvalue weighted by molar-refractivity contribution is -0.126. The van der Waals surface area contributed by atoms with Crippen molar-refractivity contribution in [3.8, 4) is 0 Å². The van der Waals surface area contributed by atoms with E-state index in [0.717, 1.165) is 46.7 Å². The van der Waals surface area contributed by atoms with Gasteiger partial charge in [0.25, 0.3) is 0 Å². The van der Waals surface area contributed by atoms with Gasteiger partial charge in [-0.15, -0.1) is 22.7 Å². The van der Waals surface area contributed by atoms with Crippen molar-refractivity contribution in [2.45, 2.75) is 18.8 Å². The van der Waals surface area contributed by atoms with Gasteiger partial charge in [0.05, 0.1) is 25.4 Å². The van der Waals surface area contributed by atoms with Crippen molar-refractivity contribution in [3.05, 3.63) is 64.6 Å². The van der Waals surface area contributed by atoms with Gasteiger partial charge in [0.15, 0.2) is 0 Å². The second kappa shape index (κ2) is 7.45. The summed E-state index contributed by atoms with van der Waals surface area (Å²) in [7, 11) is 0. The van der Waals surface area contributed by atoms with Crippen LogP contribution < -0.4 is 0 Å². The molecule has 1 amide bonds. The summed E-state index contributed by atoms with van der Waals surface area (Å²) < 4.78 is 2.39. The van der Waals surface area contributed by atoms with Crippen LogP contribution in [0.5, 0.6) is 0 Å². The third-order valence-electron chi connectivity index (χ3n) is 5.15.